The summed E-state index contributed by atoms with van der Waals surface area (Å²) >= 11 is 0. The maximum absolute atomic E-state index is 11.6. The molecule has 0 aliphatic carbocycles. The van der Waals surface area contributed by atoms with Gasteiger partial charge in [-0.1, -0.05) is 30.3 Å². The van der Waals surface area contributed by atoms with Crippen molar-refractivity contribution in [1.82, 2.24) is 4.90 Å². The highest BCUT2D eigenvalue weighted by molar-refractivity contribution is 5.78. The predicted molar refractivity (Wildman–Crippen MR) is 101 cm³/mol. The van der Waals surface area contributed by atoms with Crippen LogP contribution >= 0.6 is 0 Å². The molecule has 0 radical (unpaired) electrons. The van der Waals surface area contributed by atoms with Crippen LogP contribution < -0.4 is 10.6 Å². The fourth-order valence-corrected chi connectivity index (χ4v) is 4.07. The summed E-state index contributed by atoms with van der Waals surface area (Å²) in [5, 5.41) is 9.33. The zero-order valence-corrected chi connectivity index (χ0v) is 14.7. The van der Waals surface area contributed by atoms with Crippen LogP contribution in [0.15, 0.2) is 42.5 Å². The lowest BCUT2D eigenvalue weighted by Gasteiger charge is -2.33. The van der Waals surface area contributed by atoms with Crippen molar-refractivity contribution < 1.29 is 4.79 Å². The molecule has 0 aromatic heterocycles. The fraction of sp³-hybridized carbons (Fsp3) is 0.333. The SMILES string of the molecule is N#CN1Cc2cc(N3CCCC(C(N)=O)C3)cc(-c3ccccc3)c2C1. The molecule has 26 heavy (non-hydrogen) atoms. The fourth-order valence-electron chi connectivity index (χ4n) is 4.07. The van der Waals surface area contributed by atoms with E-state index in [1.165, 1.54) is 16.7 Å². The van der Waals surface area contributed by atoms with E-state index in [-0.39, 0.29) is 11.8 Å². The predicted octanol–water partition coefficient (Wildman–Crippen LogP) is 2.85. The molecule has 2 aliphatic heterocycles. The van der Waals surface area contributed by atoms with Gasteiger partial charge in [-0.15, -0.1) is 0 Å². The van der Waals surface area contributed by atoms with Gasteiger partial charge in [0.05, 0.1) is 19.0 Å². The van der Waals surface area contributed by atoms with Crippen LogP contribution in [0.25, 0.3) is 11.1 Å². The van der Waals surface area contributed by atoms with Gasteiger partial charge >= 0.3 is 0 Å². The average molecular weight is 346 g/mol. The number of nitriles is 1. The minimum absolute atomic E-state index is 0.0900. The molecule has 1 unspecified atom stereocenters. The van der Waals surface area contributed by atoms with Crippen LogP contribution in [0.4, 0.5) is 5.69 Å². The number of rotatable bonds is 3. The van der Waals surface area contributed by atoms with Crippen LogP contribution in [-0.4, -0.2) is 23.9 Å². The first kappa shape index (κ1) is 16.5. The summed E-state index contributed by atoms with van der Waals surface area (Å²) in [4.78, 5) is 15.7. The third kappa shape index (κ3) is 2.99. The molecule has 5 heteroatoms. The number of carbonyl (C=O) groups excluding carboxylic acids is 1. The number of primary amides is 1. The smallest absolute Gasteiger partial charge is 0.222 e. The molecule has 1 atom stereocenters. The molecule has 5 nitrogen and oxygen atoms in total. The number of carbonyl (C=O) groups is 1. The molecule has 2 aliphatic rings. The number of benzene rings is 2. The Balaban J connectivity index is 1.75. The Morgan fingerprint density at radius 1 is 1.19 bits per heavy atom. The van der Waals surface area contributed by atoms with E-state index in [0.29, 0.717) is 19.6 Å². The van der Waals surface area contributed by atoms with Gasteiger partial charge in [-0.2, -0.15) is 5.26 Å². The number of amides is 1. The van der Waals surface area contributed by atoms with Gasteiger partial charge in [-0.25, -0.2) is 0 Å². The van der Waals surface area contributed by atoms with Crippen LogP contribution in [0.2, 0.25) is 0 Å². The van der Waals surface area contributed by atoms with Gasteiger partial charge < -0.3 is 15.5 Å². The first-order valence-electron chi connectivity index (χ1n) is 9.06. The molecule has 4 rings (SSSR count). The summed E-state index contributed by atoms with van der Waals surface area (Å²) < 4.78 is 0. The summed E-state index contributed by atoms with van der Waals surface area (Å²) in [6.45, 7) is 2.90. The Morgan fingerprint density at radius 2 is 2.00 bits per heavy atom. The molecule has 2 aromatic rings. The Morgan fingerprint density at radius 3 is 2.73 bits per heavy atom. The van der Waals surface area contributed by atoms with Gasteiger partial charge in [-0.3, -0.25) is 4.79 Å². The number of piperidine rings is 1. The topological polar surface area (TPSA) is 73.4 Å². The zero-order chi connectivity index (χ0) is 18.1. The van der Waals surface area contributed by atoms with E-state index in [0.717, 1.165) is 30.6 Å². The highest BCUT2D eigenvalue weighted by Gasteiger charge is 2.27. The number of nitrogens with two attached hydrogens (primary N) is 1. The average Bonchev–Trinajstić information content (AvgIpc) is 3.11. The normalized spacial score (nSPS) is 19.1. The van der Waals surface area contributed by atoms with Crippen LogP contribution in [0.1, 0.15) is 24.0 Å². The quantitative estimate of drug-likeness (QED) is 0.868. The van der Waals surface area contributed by atoms with Crippen molar-refractivity contribution in [3.63, 3.8) is 0 Å². The van der Waals surface area contributed by atoms with E-state index < -0.39 is 0 Å². The molecule has 0 spiro atoms. The lowest BCUT2D eigenvalue weighted by Crippen LogP contribution is -2.41. The third-order valence-corrected chi connectivity index (χ3v) is 5.45. The zero-order valence-electron chi connectivity index (χ0n) is 14.7. The third-order valence-electron chi connectivity index (χ3n) is 5.45. The molecule has 1 saturated heterocycles. The number of nitrogens with zero attached hydrogens (tertiary/aromatic N) is 3. The second-order valence-electron chi connectivity index (χ2n) is 7.14. The second-order valence-corrected chi connectivity index (χ2v) is 7.14. The second kappa shape index (κ2) is 6.72. The van der Waals surface area contributed by atoms with E-state index in [2.05, 4.69) is 35.4 Å². The van der Waals surface area contributed by atoms with Crippen LogP contribution in [0.5, 0.6) is 0 Å². The Bertz CT molecular complexity index is 872. The van der Waals surface area contributed by atoms with Crippen molar-refractivity contribution in [2.24, 2.45) is 11.7 Å². The van der Waals surface area contributed by atoms with E-state index in [1.54, 1.807) is 4.90 Å². The monoisotopic (exact) mass is 346 g/mol. The van der Waals surface area contributed by atoms with Gasteiger partial charge in [0.25, 0.3) is 0 Å². The maximum atomic E-state index is 11.6. The minimum Gasteiger partial charge on any atom is -0.371 e. The lowest BCUT2D eigenvalue weighted by atomic mass is 9.93. The first-order chi connectivity index (χ1) is 12.7. The van der Waals surface area contributed by atoms with Gasteiger partial charge in [0, 0.05) is 18.8 Å². The molecule has 2 aromatic carbocycles. The molecule has 1 amide bonds. The van der Waals surface area contributed by atoms with Crippen molar-refractivity contribution in [1.29, 1.82) is 5.26 Å². The molecule has 0 bridgehead atoms. The standard InChI is InChI=1S/C21H22N4O/c22-14-24-11-17-9-18(25-8-4-7-16(12-25)21(23)26)10-19(20(17)13-24)15-5-2-1-3-6-15/h1-3,5-6,9-10,16H,4,7-8,11-13H2,(H2,23,26). The first-order valence-corrected chi connectivity index (χ1v) is 9.06. The van der Waals surface area contributed by atoms with E-state index in [1.807, 2.05) is 18.2 Å². The lowest BCUT2D eigenvalue weighted by molar-refractivity contribution is -0.122. The molecule has 132 valence electrons. The van der Waals surface area contributed by atoms with Gasteiger partial charge in [0.15, 0.2) is 6.19 Å². The Kier molecular flexibility index (Phi) is 4.26. The van der Waals surface area contributed by atoms with Gasteiger partial charge in [-0.05, 0) is 47.2 Å². The van der Waals surface area contributed by atoms with Crippen LogP contribution in [0.3, 0.4) is 0 Å². The Hall–Kier alpha value is -3.00. The summed E-state index contributed by atoms with van der Waals surface area (Å²) in [5.41, 5.74) is 11.4. The Labute approximate surface area is 153 Å². The molecule has 1 fully saturated rings. The molecular weight excluding hydrogens is 324 g/mol. The highest BCUT2D eigenvalue weighted by Crippen LogP contribution is 2.37. The summed E-state index contributed by atoms with van der Waals surface area (Å²) in [5.74, 6) is -0.303. The number of anilines is 1. The van der Waals surface area contributed by atoms with Crippen molar-refractivity contribution in [3.8, 4) is 17.3 Å². The van der Waals surface area contributed by atoms with E-state index in [9.17, 15) is 10.1 Å². The van der Waals surface area contributed by atoms with Crippen LogP contribution in [0, 0.1) is 17.4 Å². The highest BCUT2D eigenvalue weighted by atomic mass is 16.1. The number of hydrogen-bond donors (Lipinski definition) is 1. The minimum atomic E-state index is -0.213. The van der Waals surface area contributed by atoms with Crippen molar-refractivity contribution in [3.05, 3.63) is 53.6 Å². The van der Waals surface area contributed by atoms with E-state index in [4.69, 9.17) is 5.73 Å². The molecule has 0 saturated carbocycles. The van der Waals surface area contributed by atoms with E-state index >= 15 is 0 Å². The summed E-state index contributed by atoms with van der Waals surface area (Å²) in [6.07, 6.45) is 4.10. The number of fused-ring (bicyclic) bond motifs is 1. The number of hydrogen-bond acceptors (Lipinski definition) is 4. The van der Waals surface area contributed by atoms with Crippen molar-refractivity contribution in [2.45, 2.75) is 25.9 Å². The molecule has 2 N–H and O–H groups in total. The van der Waals surface area contributed by atoms with Gasteiger partial charge in [0.2, 0.25) is 5.91 Å². The van der Waals surface area contributed by atoms with Crippen molar-refractivity contribution in [2.75, 3.05) is 18.0 Å². The van der Waals surface area contributed by atoms with Crippen molar-refractivity contribution >= 4 is 11.6 Å². The summed E-state index contributed by atoms with van der Waals surface area (Å²) in [7, 11) is 0. The molecular formula is C21H22N4O. The maximum Gasteiger partial charge on any atom is 0.222 e. The van der Waals surface area contributed by atoms with Gasteiger partial charge in [0.1, 0.15) is 0 Å². The largest absolute Gasteiger partial charge is 0.371 e. The molecule has 2 heterocycles. The summed E-state index contributed by atoms with van der Waals surface area (Å²) in [6, 6.07) is 14.7. The van der Waals surface area contributed by atoms with Crippen LogP contribution in [-0.2, 0) is 17.9 Å².